The van der Waals surface area contributed by atoms with Gasteiger partial charge in [-0.3, -0.25) is 4.90 Å². The number of thiophene rings is 1. The minimum atomic E-state index is -0.300. The maximum absolute atomic E-state index is 13.7. The second-order valence-corrected chi connectivity index (χ2v) is 6.98. The van der Waals surface area contributed by atoms with Gasteiger partial charge in [-0.15, -0.1) is 11.3 Å². The summed E-state index contributed by atoms with van der Waals surface area (Å²) in [6, 6.07) is 11.1. The maximum Gasteiger partial charge on any atom is 0.170 e. The zero-order valence-corrected chi connectivity index (χ0v) is 14.4. The number of rotatable bonds is 5. The summed E-state index contributed by atoms with van der Waals surface area (Å²) in [7, 11) is 0. The average molecular weight is 350 g/mol. The van der Waals surface area contributed by atoms with Gasteiger partial charge in [-0.2, -0.15) is 0 Å². The molecule has 0 amide bonds. The third kappa shape index (κ3) is 4.28. The topological polar surface area (TPSA) is 27.3 Å². The molecule has 0 aliphatic carbocycles. The molecule has 23 heavy (non-hydrogen) atoms. The molecule has 122 valence electrons. The third-order valence-corrected chi connectivity index (χ3v) is 5.25. The van der Waals surface area contributed by atoms with E-state index in [-0.39, 0.29) is 5.82 Å². The van der Waals surface area contributed by atoms with Crippen LogP contribution in [0.25, 0.3) is 0 Å². The number of halogens is 1. The van der Waals surface area contributed by atoms with E-state index >= 15 is 0 Å². The maximum atomic E-state index is 13.7. The number of nitrogens with zero attached hydrogens (tertiary/aromatic N) is 1. The largest absolute Gasteiger partial charge is 0.360 e. The van der Waals surface area contributed by atoms with Gasteiger partial charge < -0.3 is 10.6 Å². The van der Waals surface area contributed by atoms with Crippen molar-refractivity contribution >= 4 is 34.4 Å². The van der Waals surface area contributed by atoms with Gasteiger partial charge in [0.05, 0.1) is 11.7 Å². The molecular weight excluding hydrogens is 329 g/mol. The van der Waals surface area contributed by atoms with Crippen LogP contribution in [0.5, 0.6) is 0 Å². The fourth-order valence-corrected chi connectivity index (χ4v) is 3.92. The van der Waals surface area contributed by atoms with E-state index < -0.39 is 0 Å². The lowest BCUT2D eigenvalue weighted by molar-refractivity contribution is 0.249. The number of nitrogens with one attached hydrogen (secondary N) is 2. The van der Waals surface area contributed by atoms with E-state index in [1.54, 1.807) is 29.5 Å². The molecule has 0 unspecified atom stereocenters. The van der Waals surface area contributed by atoms with Gasteiger partial charge in [0.15, 0.2) is 5.11 Å². The Kier molecular flexibility index (Phi) is 5.59. The van der Waals surface area contributed by atoms with Crippen LogP contribution in [0.4, 0.5) is 10.1 Å². The summed E-state index contributed by atoms with van der Waals surface area (Å²) in [6.45, 7) is 2.97. The van der Waals surface area contributed by atoms with Crippen LogP contribution in [0.15, 0.2) is 41.8 Å². The van der Waals surface area contributed by atoms with Crippen molar-refractivity contribution in [2.24, 2.45) is 0 Å². The molecule has 1 aliphatic rings. The van der Waals surface area contributed by atoms with Crippen molar-refractivity contribution < 1.29 is 4.39 Å². The minimum absolute atomic E-state index is 0.300. The Morgan fingerprint density at radius 1 is 1.22 bits per heavy atom. The average Bonchev–Trinajstić information content (AvgIpc) is 3.23. The second-order valence-electron chi connectivity index (χ2n) is 5.59. The Bertz CT molecular complexity index is 639. The van der Waals surface area contributed by atoms with Crippen molar-refractivity contribution in [1.82, 2.24) is 10.2 Å². The van der Waals surface area contributed by atoms with Crippen LogP contribution in [0.3, 0.4) is 0 Å². The number of thiocarbonyl (C=S) groups is 1. The summed E-state index contributed by atoms with van der Waals surface area (Å²) in [5.74, 6) is -0.300. The van der Waals surface area contributed by atoms with Gasteiger partial charge in [-0.1, -0.05) is 18.2 Å². The number of hydrogen-bond donors (Lipinski definition) is 2. The van der Waals surface area contributed by atoms with Crippen molar-refractivity contribution in [2.45, 2.75) is 18.9 Å². The van der Waals surface area contributed by atoms with E-state index in [1.807, 2.05) is 0 Å². The van der Waals surface area contributed by atoms with Crippen LogP contribution < -0.4 is 10.6 Å². The van der Waals surface area contributed by atoms with Crippen molar-refractivity contribution in [2.75, 3.05) is 25.0 Å². The minimum Gasteiger partial charge on any atom is -0.360 e. The molecule has 3 nitrogen and oxygen atoms in total. The summed E-state index contributed by atoms with van der Waals surface area (Å²) in [5.41, 5.74) is 0.402. The number of likely N-dealkylation sites (tertiary alicyclic amines) is 1. The first kappa shape index (κ1) is 16.4. The lowest BCUT2D eigenvalue weighted by atomic mass is 10.2. The van der Waals surface area contributed by atoms with E-state index in [1.165, 1.54) is 23.8 Å². The number of anilines is 1. The SMILES string of the molecule is Fc1ccccc1NC(=S)NC[C@H](c1cccs1)N1CCCC1. The molecule has 1 aromatic heterocycles. The highest BCUT2D eigenvalue weighted by Crippen LogP contribution is 2.27. The molecule has 2 aromatic rings. The van der Waals surface area contributed by atoms with E-state index in [0.29, 0.717) is 16.8 Å². The summed E-state index contributed by atoms with van der Waals surface area (Å²) >= 11 is 7.08. The van der Waals surface area contributed by atoms with Gasteiger partial charge in [0.25, 0.3) is 0 Å². The van der Waals surface area contributed by atoms with Crippen molar-refractivity contribution in [3.63, 3.8) is 0 Å². The molecule has 6 heteroatoms. The molecule has 1 atom stereocenters. The predicted molar refractivity (Wildman–Crippen MR) is 98.5 cm³/mol. The van der Waals surface area contributed by atoms with E-state index in [9.17, 15) is 4.39 Å². The van der Waals surface area contributed by atoms with Gasteiger partial charge >= 0.3 is 0 Å². The fraction of sp³-hybridized carbons (Fsp3) is 0.353. The Hall–Kier alpha value is -1.50. The third-order valence-electron chi connectivity index (χ3n) is 4.03. The molecule has 1 saturated heterocycles. The summed E-state index contributed by atoms with van der Waals surface area (Å²) in [6.07, 6.45) is 2.50. The molecular formula is C17H20FN3S2. The smallest absolute Gasteiger partial charge is 0.170 e. The van der Waals surface area contributed by atoms with E-state index in [0.717, 1.165) is 19.6 Å². The monoisotopic (exact) mass is 349 g/mol. The Morgan fingerprint density at radius 3 is 2.70 bits per heavy atom. The summed E-state index contributed by atoms with van der Waals surface area (Å²) in [4.78, 5) is 3.83. The van der Waals surface area contributed by atoms with Gasteiger partial charge in [-0.25, -0.2) is 4.39 Å². The standard InChI is InChI=1S/C17H20FN3S2/c18-13-6-1-2-7-14(13)20-17(22)19-12-15(16-8-5-11-23-16)21-9-3-4-10-21/h1-2,5-8,11,15H,3-4,9-10,12H2,(H2,19,20,22)/t15-/m1/s1. The number of hydrogen-bond acceptors (Lipinski definition) is 3. The molecule has 2 N–H and O–H groups in total. The Balaban J connectivity index is 1.60. The van der Waals surface area contributed by atoms with Crippen LogP contribution in [0.1, 0.15) is 23.8 Å². The molecule has 1 aromatic carbocycles. The van der Waals surface area contributed by atoms with Crippen molar-refractivity contribution in [3.8, 4) is 0 Å². The highest BCUT2D eigenvalue weighted by Gasteiger charge is 2.24. The fourth-order valence-electron chi connectivity index (χ4n) is 2.86. The van der Waals surface area contributed by atoms with E-state index in [4.69, 9.17) is 12.2 Å². The number of para-hydroxylation sites is 1. The van der Waals surface area contributed by atoms with Gasteiger partial charge in [0.2, 0.25) is 0 Å². The molecule has 0 spiro atoms. The molecule has 3 rings (SSSR count). The van der Waals surface area contributed by atoms with Crippen molar-refractivity contribution in [1.29, 1.82) is 0 Å². The van der Waals surface area contributed by atoms with Gasteiger partial charge in [0, 0.05) is 11.4 Å². The van der Waals surface area contributed by atoms with Crippen LogP contribution in [0.2, 0.25) is 0 Å². The highest BCUT2D eigenvalue weighted by molar-refractivity contribution is 7.80. The van der Waals surface area contributed by atoms with Crippen LogP contribution in [-0.4, -0.2) is 29.6 Å². The van der Waals surface area contributed by atoms with Gasteiger partial charge in [-0.05, 0) is 61.7 Å². The molecule has 0 saturated carbocycles. The molecule has 2 heterocycles. The molecule has 1 aliphatic heterocycles. The normalized spacial score (nSPS) is 16.2. The lowest BCUT2D eigenvalue weighted by Gasteiger charge is -2.27. The number of benzene rings is 1. The predicted octanol–water partition coefficient (Wildman–Crippen LogP) is 4.01. The van der Waals surface area contributed by atoms with Crippen LogP contribution in [-0.2, 0) is 0 Å². The summed E-state index contributed by atoms with van der Waals surface area (Å²) in [5, 5.41) is 8.73. The molecule has 0 bridgehead atoms. The van der Waals surface area contributed by atoms with Crippen molar-refractivity contribution in [3.05, 3.63) is 52.5 Å². The Morgan fingerprint density at radius 2 is 2.00 bits per heavy atom. The van der Waals surface area contributed by atoms with E-state index in [2.05, 4.69) is 33.0 Å². The first-order chi connectivity index (χ1) is 11.2. The first-order valence-electron chi connectivity index (χ1n) is 7.81. The zero-order valence-electron chi connectivity index (χ0n) is 12.8. The quantitative estimate of drug-likeness (QED) is 0.798. The molecule has 1 fully saturated rings. The first-order valence-corrected chi connectivity index (χ1v) is 9.09. The van der Waals surface area contributed by atoms with Gasteiger partial charge in [0.1, 0.15) is 5.82 Å². The lowest BCUT2D eigenvalue weighted by Crippen LogP contribution is -2.38. The van der Waals surface area contributed by atoms with Crippen LogP contribution in [0, 0.1) is 5.82 Å². The molecule has 0 radical (unpaired) electrons. The summed E-state index contributed by atoms with van der Waals surface area (Å²) < 4.78 is 13.7. The second kappa shape index (κ2) is 7.86. The zero-order chi connectivity index (χ0) is 16.1. The van der Waals surface area contributed by atoms with Crippen LogP contribution >= 0.6 is 23.6 Å². The Labute approximate surface area is 145 Å². The highest BCUT2D eigenvalue weighted by atomic mass is 32.1.